The highest BCUT2D eigenvalue weighted by Gasteiger charge is 2.18. The van der Waals surface area contributed by atoms with Gasteiger partial charge in [0, 0.05) is 22.3 Å². The molecule has 1 atom stereocenters. The standard InChI is InChI=1S/C19H20N4O2S2/c1-11-9-12(2)21-19(20-11)27-13(3)17(24)23-18-22-15(10-26-18)14-7-5-6-8-16(14)25-4/h5-10,13H,1-4H3,(H,22,23,24). The van der Waals surface area contributed by atoms with Crippen LogP contribution in [0.15, 0.2) is 40.9 Å². The zero-order valence-corrected chi connectivity index (χ0v) is 17.1. The number of nitrogens with one attached hydrogen (secondary N) is 1. The van der Waals surface area contributed by atoms with Gasteiger partial charge in [-0.25, -0.2) is 15.0 Å². The van der Waals surface area contributed by atoms with E-state index < -0.39 is 0 Å². The number of anilines is 1. The van der Waals surface area contributed by atoms with Gasteiger partial charge in [-0.2, -0.15) is 0 Å². The molecule has 6 nitrogen and oxygen atoms in total. The highest BCUT2D eigenvalue weighted by Crippen LogP contribution is 2.32. The first-order chi connectivity index (χ1) is 13.0. The van der Waals surface area contributed by atoms with Crippen molar-refractivity contribution in [3.63, 3.8) is 0 Å². The van der Waals surface area contributed by atoms with E-state index in [0.29, 0.717) is 10.3 Å². The first-order valence-electron chi connectivity index (χ1n) is 8.35. The third kappa shape index (κ3) is 4.84. The number of para-hydroxylation sites is 1. The highest BCUT2D eigenvalue weighted by atomic mass is 32.2. The van der Waals surface area contributed by atoms with Crippen LogP contribution in [0.2, 0.25) is 0 Å². The Morgan fingerprint density at radius 3 is 2.59 bits per heavy atom. The van der Waals surface area contributed by atoms with Crippen LogP contribution < -0.4 is 10.1 Å². The summed E-state index contributed by atoms with van der Waals surface area (Å²) in [6, 6.07) is 9.57. The number of hydrogen-bond acceptors (Lipinski definition) is 7. The van der Waals surface area contributed by atoms with Crippen LogP contribution in [-0.2, 0) is 4.79 Å². The number of methoxy groups -OCH3 is 1. The number of ether oxygens (including phenoxy) is 1. The second-order valence-electron chi connectivity index (χ2n) is 5.92. The summed E-state index contributed by atoms with van der Waals surface area (Å²) >= 11 is 2.71. The quantitative estimate of drug-likeness (QED) is 0.490. The number of rotatable bonds is 6. The molecular weight excluding hydrogens is 380 g/mol. The Morgan fingerprint density at radius 1 is 1.19 bits per heavy atom. The molecule has 0 spiro atoms. The number of aromatic nitrogens is 3. The normalized spacial score (nSPS) is 11.9. The monoisotopic (exact) mass is 400 g/mol. The van der Waals surface area contributed by atoms with E-state index in [1.54, 1.807) is 7.11 Å². The average Bonchev–Trinajstić information content (AvgIpc) is 3.09. The van der Waals surface area contributed by atoms with E-state index in [4.69, 9.17) is 4.74 Å². The second kappa shape index (κ2) is 8.49. The molecule has 0 saturated carbocycles. The summed E-state index contributed by atoms with van der Waals surface area (Å²) in [5, 5.41) is 5.58. The van der Waals surface area contributed by atoms with Crippen LogP contribution in [0, 0.1) is 13.8 Å². The highest BCUT2D eigenvalue weighted by molar-refractivity contribution is 8.00. The van der Waals surface area contributed by atoms with Gasteiger partial charge in [0.15, 0.2) is 10.3 Å². The molecule has 2 aromatic heterocycles. The molecule has 140 valence electrons. The fourth-order valence-corrected chi connectivity index (χ4v) is 4.07. The van der Waals surface area contributed by atoms with Gasteiger partial charge in [-0.15, -0.1) is 11.3 Å². The first kappa shape index (κ1) is 19.3. The number of carbonyl (C=O) groups excluding carboxylic acids is 1. The molecule has 27 heavy (non-hydrogen) atoms. The Bertz CT molecular complexity index is 938. The topological polar surface area (TPSA) is 77.0 Å². The van der Waals surface area contributed by atoms with Gasteiger partial charge >= 0.3 is 0 Å². The summed E-state index contributed by atoms with van der Waals surface area (Å²) in [5.74, 6) is 0.611. The van der Waals surface area contributed by atoms with Crippen molar-refractivity contribution in [3.8, 4) is 17.0 Å². The van der Waals surface area contributed by atoms with Gasteiger partial charge in [0.25, 0.3) is 0 Å². The molecule has 0 radical (unpaired) electrons. The fraction of sp³-hybridized carbons (Fsp3) is 0.263. The van der Waals surface area contributed by atoms with Crippen LogP contribution in [-0.4, -0.2) is 33.2 Å². The first-order valence-corrected chi connectivity index (χ1v) is 10.1. The van der Waals surface area contributed by atoms with Crippen LogP contribution in [0.3, 0.4) is 0 Å². The summed E-state index contributed by atoms with van der Waals surface area (Å²) in [4.78, 5) is 25.8. The van der Waals surface area contributed by atoms with Gasteiger partial charge in [0.2, 0.25) is 5.91 Å². The minimum atomic E-state index is -0.343. The predicted octanol–water partition coefficient (Wildman–Crippen LogP) is 4.34. The van der Waals surface area contributed by atoms with Gasteiger partial charge in [-0.1, -0.05) is 23.9 Å². The van der Waals surface area contributed by atoms with Gasteiger partial charge in [0.1, 0.15) is 5.75 Å². The Morgan fingerprint density at radius 2 is 1.89 bits per heavy atom. The lowest BCUT2D eigenvalue weighted by Gasteiger charge is -2.10. The van der Waals surface area contributed by atoms with Crippen LogP contribution in [0.25, 0.3) is 11.3 Å². The summed E-state index contributed by atoms with van der Waals surface area (Å²) in [6.07, 6.45) is 0. The minimum absolute atomic E-state index is 0.135. The SMILES string of the molecule is COc1ccccc1-c1csc(NC(=O)C(C)Sc2nc(C)cc(C)n2)n1. The lowest BCUT2D eigenvalue weighted by molar-refractivity contribution is -0.115. The maximum atomic E-state index is 12.5. The fourth-order valence-electron chi connectivity index (χ4n) is 2.48. The number of aryl methyl sites for hydroxylation is 2. The summed E-state index contributed by atoms with van der Waals surface area (Å²) in [7, 11) is 1.63. The maximum Gasteiger partial charge on any atom is 0.239 e. The third-order valence-corrected chi connectivity index (χ3v) is 5.45. The van der Waals surface area contributed by atoms with E-state index in [2.05, 4.69) is 20.3 Å². The molecule has 1 amide bonds. The average molecular weight is 401 g/mol. The minimum Gasteiger partial charge on any atom is -0.496 e. The number of carbonyl (C=O) groups is 1. The van der Waals surface area contributed by atoms with E-state index in [1.165, 1.54) is 23.1 Å². The Balaban J connectivity index is 1.68. The second-order valence-corrected chi connectivity index (χ2v) is 8.09. The van der Waals surface area contributed by atoms with Crippen molar-refractivity contribution in [1.82, 2.24) is 15.0 Å². The van der Waals surface area contributed by atoms with Gasteiger partial charge < -0.3 is 10.1 Å². The van der Waals surface area contributed by atoms with E-state index in [-0.39, 0.29) is 11.2 Å². The number of thioether (sulfide) groups is 1. The van der Waals surface area contributed by atoms with Gasteiger partial charge in [-0.3, -0.25) is 4.79 Å². The molecule has 0 fully saturated rings. The van der Waals surface area contributed by atoms with Gasteiger partial charge in [-0.05, 0) is 39.0 Å². The number of benzene rings is 1. The Kier molecular flexibility index (Phi) is 6.08. The molecule has 8 heteroatoms. The molecule has 1 unspecified atom stereocenters. The molecule has 3 aromatic rings. The van der Waals surface area contributed by atoms with Gasteiger partial charge in [0.05, 0.1) is 18.1 Å². The van der Waals surface area contributed by atoms with E-state index >= 15 is 0 Å². The van der Waals surface area contributed by atoms with Crippen molar-refractivity contribution in [2.45, 2.75) is 31.2 Å². The molecule has 2 heterocycles. The Labute approximate surface area is 166 Å². The number of amides is 1. The lowest BCUT2D eigenvalue weighted by atomic mass is 10.1. The van der Waals surface area contributed by atoms with Crippen molar-refractivity contribution < 1.29 is 9.53 Å². The molecule has 0 bridgehead atoms. The number of hydrogen-bond donors (Lipinski definition) is 1. The molecule has 1 aromatic carbocycles. The zero-order valence-electron chi connectivity index (χ0n) is 15.5. The molecule has 0 aliphatic heterocycles. The summed E-state index contributed by atoms with van der Waals surface area (Å²) in [5.41, 5.74) is 3.44. The number of thiazole rings is 1. The zero-order chi connectivity index (χ0) is 19.4. The van der Waals surface area contributed by atoms with E-state index in [9.17, 15) is 4.79 Å². The maximum absolute atomic E-state index is 12.5. The van der Waals surface area contributed by atoms with Crippen LogP contribution >= 0.6 is 23.1 Å². The molecule has 1 N–H and O–H groups in total. The van der Waals surface area contributed by atoms with Crippen LogP contribution in [0.5, 0.6) is 5.75 Å². The van der Waals surface area contributed by atoms with Crippen molar-refractivity contribution in [3.05, 3.63) is 47.1 Å². The molecule has 0 saturated heterocycles. The molecule has 0 aliphatic rings. The number of nitrogens with zero attached hydrogens (tertiary/aromatic N) is 3. The summed E-state index contributed by atoms with van der Waals surface area (Å²) < 4.78 is 5.37. The molecule has 3 rings (SSSR count). The predicted molar refractivity (Wildman–Crippen MR) is 110 cm³/mol. The van der Waals surface area contributed by atoms with Crippen molar-refractivity contribution in [2.75, 3.05) is 12.4 Å². The van der Waals surface area contributed by atoms with Crippen molar-refractivity contribution in [1.29, 1.82) is 0 Å². The third-order valence-electron chi connectivity index (χ3n) is 3.73. The van der Waals surface area contributed by atoms with E-state index in [0.717, 1.165) is 28.4 Å². The smallest absolute Gasteiger partial charge is 0.239 e. The van der Waals surface area contributed by atoms with Crippen molar-refractivity contribution >= 4 is 34.1 Å². The lowest BCUT2D eigenvalue weighted by Crippen LogP contribution is -2.22. The van der Waals surface area contributed by atoms with Crippen LogP contribution in [0.4, 0.5) is 5.13 Å². The molecular formula is C19H20N4O2S2. The van der Waals surface area contributed by atoms with Crippen molar-refractivity contribution in [2.24, 2.45) is 0 Å². The van der Waals surface area contributed by atoms with E-state index in [1.807, 2.05) is 56.5 Å². The van der Waals surface area contributed by atoms with Crippen LogP contribution in [0.1, 0.15) is 18.3 Å². The largest absolute Gasteiger partial charge is 0.496 e. The molecule has 0 aliphatic carbocycles. The summed E-state index contributed by atoms with van der Waals surface area (Å²) in [6.45, 7) is 5.66. The Hall–Kier alpha value is -2.45.